The van der Waals surface area contributed by atoms with Crippen molar-refractivity contribution in [1.82, 2.24) is 9.97 Å². The molecule has 3 N–H and O–H groups in total. The molecule has 0 saturated carbocycles. The number of hydrogen-bond acceptors (Lipinski definition) is 6. The van der Waals surface area contributed by atoms with Crippen molar-refractivity contribution in [1.29, 1.82) is 0 Å². The molecule has 2 aromatic heterocycles. The van der Waals surface area contributed by atoms with E-state index in [1.165, 1.54) is 4.88 Å². The van der Waals surface area contributed by atoms with Crippen LogP contribution < -0.4 is 16.0 Å². The first-order valence-electron chi connectivity index (χ1n) is 5.75. The summed E-state index contributed by atoms with van der Waals surface area (Å²) in [5.74, 6) is 1.86. The SMILES string of the molecule is CNc1cc(N(C)CCc2cccs2)nc(N)n1. The van der Waals surface area contributed by atoms with Crippen LogP contribution in [-0.4, -0.2) is 30.6 Å². The van der Waals surface area contributed by atoms with Gasteiger partial charge in [-0.2, -0.15) is 9.97 Å². The monoisotopic (exact) mass is 263 g/mol. The normalized spacial score (nSPS) is 10.3. The van der Waals surface area contributed by atoms with Crippen molar-refractivity contribution in [2.24, 2.45) is 0 Å². The fraction of sp³-hybridized carbons (Fsp3) is 0.333. The minimum Gasteiger partial charge on any atom is -0.373 e. The van der Waals surface area contributed by atoms with Crippen molar-refractivity contribution >= 4 is 28.9 Å². The lowest BCUT2D eigenvalue weighted by atomic mass is 10.3. The molecule has 0 amide bonds. The van der Waals surface area contributed by atoms with E-state index in [1.807, 2.05) is 20.2 Å². The number of nitrogens with two attached hydrogens (primary N) is 1. The Morgan fingerprint density at radius 1 is 1.44 bits per heavy atom. The fourth-order valence-corrected chi connectivity index (χ4v) is 2.32. The van der Waals surface area contributed by atoms with E-state index in [0.717, 1.165) is 24.6 Å². The summed E-state index contributed by atoms with van der Waals surface area (Å²) in [6, 6.07) is 6.11. The maximum Gasteiger partial charge on any atom is 0.223 e. The molecule has 0 unspecified atom stereocenters. The van der Waals surface area contributed by atoms with Crippen LogP contribution in [0.3, 0.4) is 0 Å². The standard InChI is InChI=1S/C12H17N5S/c1-14-10-8-11(16-12(13)15-10)17(2)6-5-9-4-3-7-18-9/h3-4,7-8H,5-6H2,1-2H3,(H3,13,14,15,16). The summed E-state index contributed by atoms with van der Waals surface area (Å²) < 4.78 is 0. The number of aromatic nitrogens is 2. The van der Waals surface area contributed by atoms with Crippen LogP contribution in [0.1, 0.15) is 4.88 Å². The zero-order valence-electron chi connectivity index (χ0n) is 10.6. The van der Waals surface area contributed by atoms with Gasteiger partial charge in [0.2, 0.25) is 5.95 Å². The number of likely N-dealkylation sites (N-methyl/N-ethyl adjacent to an activating group) is 1. The molecule has 2 heterocycles. The predicted molar refractivity (Wildman–Crippen MR) is 77.3 cm³/mol. The highest BCUT2D eigenvalue weighted by molar-refractivity contribution is 7.09. The maximum absolute atomic E-state index is 5.68. The third-order valence-electron chi connectivity index (χ3n) is 2.65. The van der Waals surface area contributed by atoms with Crippen molar-refractivity contribution in [3.63, 3.8) is 0 Å². The van der Waals surface area contributed by atoms with E-state index in [4.69, 9.17) is 5.73 Å². The molecule has 96 valence electrons. The van der Waals surface area contributed by atoms with Gasteiger partial charge >= 0.3 is 0 Å². The molecule has 0 aliphatic heterocycles. The quantitative estimate of drug-likeness (QED) is 0.861. The summed E-state index contributed by atoms with van der Waals surface area (Å²) in [6.07, 6.45) is 1.01. The average molecular weight is 263 g/mol. The molecule has 18 heavy (non-hydrogen) atoms. The van der Waals surface area contributed by atoms with Crippen LogP contribution in [-0.2, 0) is 6.42 Å². The van der Waals surface area contributed by atoms with E-state index in [1.54, 1.807) is 11.3 Å². The summed E-state index contributed by atoms with van der Waals surface area (Å²) in [5.41, 5.74) is 5.68. The highest BCUT2D eigenvalue weighted by Gasteiger charge is 2.06. The topological polar surface area (TPSA) is 67.1 Å². The van der Waals surface area contributed by atoms with Crippen LogP contribution in [0.2, 0.25) is 0 Å². The van der Waals surface area contributed by atoms with E-state index in [-0.39, 0.29) is 0 Å². The molecule has 0 spiro atoms. The summed E-state index contributed by atoms with van der Waals surface area (Å²) in [4.78, 5) is 11.8. The van der Waals surface area contributed by atoms with Gasteiger partial charge in [-0.1, -0.05) is 6.07 Å². The molecular weight excluding hydrogens is 246 g/mol. The Labute approximate surface area is 111 Å². The first-order chi connectivity index (χ1) is 8.69. The second kappa shape index (κ2) is 5.68. The van der Waals surface area contributed by atoms with Gasteiger partial charge in [-0.3, -0.25) is 0 Å². The molecule has 0 radical (unpaired) electrons. The van der Waals surface area contributed by atoms with Crippen molar-refractivity contribution < 1.29 is 0 Å². The van der Waals surface area contributed by atoms with Gasteiger partial charge in [0, 0.05) is 31.6 Å². The minimum absolute atomic E-state index is 0.292. The summed E-state index contributed by atoms with van der Waals surface area (Å²) in [7, 11) is 3.83. The Kier molecular flexibility index (Phi) is 3.99. The molecule has 5 nitrogen and oxygen atoms in total. The van der Waals surface area contributed by atoms with Crippen LogP contribution in [0, 0.1) is 0 Å². The van der Waals surface area contributed by atoms with Gasteiger partial charge < -0.3 is 16.0 Å². The van der Waals surface area contributed by atoms with Crippen LogP contribution in [0.25, 0.3) is 0 Å². The summed E-state index contributed by atoms with van der Waals surface area (Å²) >= 11 is 1.77. The van der Waals surface area contributed by atoms with Crippen molar-refractivity contribution in [2.45, 2.75) is 6.42 Å². The molecule has 0 fully saturated rings. The summed E-state index contributed by atoms with van der Waals surface area (Å²) in [5, 5.41) is 5.07. The van der Waals surface area contributed by atoms with Crippen LogP contribution in [0.15, 0.2) is 23.6 Å². The zero-order valence-corrected chi connectivity index (χ0v) is 11.4. The Bertz CT molecular complexity index is 497. The van der Waals surface area contributed by atoms with Gasteiger partial charge in [0.25, 0.3) is 0 Å². The number of anilines is 3. The Balaban J connectivity index is 2.03. The van der Waals surface area contributed by atoms with E-state index in [9.17, 15) is 0 Å². The van der Waals surface area contributed by atoms with Crippen molar-refractivity contribution in [3.05, 3.63) is 28.5 Å². The highest BCUT2D eigenvalue weighted by atomic mass is 32.1. The third kappa shape index (κ3) is 3.10. The molecule has 2 aromatic rings. The molecular formula is C12H17N5S. The van der Waals surface area contributed by atoms with Crippen LogP contribution >= 0.6 is 11.3 Å². The van der Waals surface area contributed by atoms with Crippen LogP contribution in [0.5, 0.6) is 0 Å². The van der Waals surface area contributed by atoms with Gasteiger partial charge in [0.15, 0.2) is 0 Å². The average Bonchev–Trinajstić information content (AvgIpc) is 2.88. The molecule has 0 atom stereocenters. The second-order valence-corrected chi connectivity index (χ2v) is 5.00. The number of rotatable bonds is 5. The number of nitrogens with one attached hydrogen (secondary N) is 1. The largest absolute Gasteiger partial charge is 0.373 e. The smallest absolute Gasteiger partial charge is 0.223 e. The number of nitrogen functional groups attached to an aromatic ring is 1. The number of hydrogen-bond donors (Lipinski definition) is 2. The van der Waals surface area contributed by atoms with E-state index in [0.29, 0.717) is 5.95 Å². The number of nitrogens with zero attached hydrogens (tertiary/aromatic N) is 3. The van der Waals surface area contributed by atoms with Gasteiger partial charge in [0.05, 0.1) is 0 Å². The lowest BCUT2D eigenvalue weighted by Crippen LogP contribution is -2.22. The molecule has 0 saturated heterocycles. The first kappa shape index (κ1) is 12.6. The molecule has 0 aliphatic rings. The van der Waals surface area contributed by atoms with Gasteiger partial charge in [-0.25, -0.2) is 0 Å². The van der Waals surface area contributed by atoms with Crippen molar-refractivity contribution in [2.75, 3.05) is 36.6 Å². The number of thiophene rings is 1. The Morgan fingerprint density at radius 3 is 2.94 bits per heavy atom. The van der Waals surface area contributed by atoms with E-state index in [2.05, 4.69) is 37.7 Å². The van der Waals surface area contributed by atoms with Gasteiger partial charge in [-0.15, -0.1) is 11.3 Å². The molecule has 6 heteroatoms. The second-order valence-electron chi connectivity index (χ2n) is 3.97. The van der Waals surface area contributed by atoms with Gasteiger partial charge in [-0.05, 0) is 17.9 Å². The Morgan fingerprint density at radius 2 is 2.28 bits per heavy atom. The first-order valence-corrected chi connectivity index (χ1v) is 6.63. The summed E-state index contributed by atoms with van der Waals surface area (Å²) in [6.45, 7) is 0.903. The minimum atomic E-state index is 0.292. The lowest BCUT2D eigenvalue weighted by Gasteiger charge is -2.18. The molecule has 2 rings (SSSR count). The molecule has 0 aromatic carbocycles. The fourth-order valence-electron chi connectivity index (χ4n) is 1.62. The van der Waals surface area contributed by atoms with Crippen molar-refractivity contribution in [3.8, 4) is 0 Å². The van der Waals surface area contributed by atoms with Crippen LogP contribution in [0.4, 0.5) is 17.6 Å². The molecule has 0 aliphatic carbocycles. The highest BCUT2D eigenvalue weighted by Crippen LogP contribution is 2.16. The zero-order chi connectivity index (χ0) is 13.0. The maximum atomic E-state index is 5.68. The lowest BCUT2D eigenvalue weighted by molar-refractivity contribution is 0.867. The van der Waals surface area contributed by atoms with E-state index < -0.39 is 0 Å². The molecule has 0 bridgehead atoms. The van der Waals surface area contributed by atoms with Gasteiger partial charge in [0.1, 0.15) is 11.6 Å². The van der Waals surface area contributed by atoms with E-state index >= 15 is 0 Å². The predicted octanol–water partition coefficient (Wildman–Crippen LogP) is 1.84. The Hall–Kier alpha value is -1.82. The third-order valence-corrected chi connectivity index (χ3v) is 3.59.